The SMILES string of the molecule is CCN(Cc1cccc(C)n1)CC(C)(C)C1CCCNC1. The maximum atomic E-state index is 4.65. The average Bonchev–Trinajstić information content (AvgIpc) is 2.47. The van der Waals surface area contributed by atoms with Gasteiger partial charge < -0.3 is 5.32 Å². The second-order valence-electron chi connectivity index (χ2n) is 7.11. The quantitative estimate of drug-likeness (QED) is 0.871. The summed E-state index contributed by atoms with van der Waals surface area (Å²) in [7, 11) is 0. The van der Waals surface area contributed by atoms with Crippen LogP contribution in [-0.2, 0) is 6.54 Å². The summed E-state index contributed by atoms with van der Waals surface area (Å²) in [6, 6.07) is 6.32. The van der Waals surface area contributed by atoms with E-state index in [1.807, 2.05) is 0 Å². The van der Waals surface area contributed by atoms with Gasteiger partial charge in [0.1, 0.15) is 0 Å². The molecule has 0 amide bonds. The minimum atomic E-state index is 0.354. The lowest BCUT2D eigenvalue weighted by Gasteiger charge is -2.40. The largest absolute Gasteiger partial charge is 0.316 e. The second-order valence-corrected chi connectivity index (χ2v) is 7.11. The van der Waals surface area contributed by atoms with Crippen LogP contribution < -0.4 is 5.32 Å². The number of nitrogens with one attached hydrogen (secondary N) is 1. The van der Waals surface area contributed by atoms with Crippen LogP contribution in [0.2, 0.25) is 0 Å². The Morgan fingerprint density at radius 1 is 1.38 bits per heavy atom. The summed E-state index contributed by atoms with van der Waals surface area (Å²) < 4.78 is 0. The van der Waals surface area contributed by atoms with Gasteiger partial charge in [-0.05, 0) is 62.9 Å². The van der Waals surface area contributed by atoms with Gasteiger partial charge in [0.15, 0.2) is 0 Å². The third-order valence-electron chi connectivity index (χ3n) is 4.81. The first-order valence-electron chi connectivity index (χ1n) is 8.37. The lowest BCUT2D eigenvalue weighted by Crippen LogP contribution is -2.44. The van der Waals surface area contributed by atoms with Crippen LogP contribution in [0.1, 0.15) is 45.0 Å². The highest BCUT2D eigenvalue weighted by atomic mass is 15.1. The molecule has 1 N–H and O–H groups in total. The smallest absolute Gasteiger partial charge is 0.0547 e. The highest BCUT2D eigenvalue weighted by Gasteiger charge is 2.32. The molecule has 0 radical (unpaired) electrons. The molecule has 1 aromatic rings. The van der Waals surface area contributed by atoms with E-state index in [4.69, 9.17) is 0 Å². The molecule has 0 bridgehead atoms. The van der Waals surface area contributed by atoms with Crippen molar-refractivity contribution in [2.75, 3.05) is 26.2 Å². The molecule has 118 valence electrons. The predicted octanol–water partition coefficient (Wildman–Crippen LogP) is 3.24. The number of aromatic nitrogens is 1. The molecule has 1 aliphatic rings. The van der Waals surface area contributed by atoms with Gasteiger partial charge in [0.05, 0.1) is 5.69 Å². The lowest BCUT2D eigenvalue weighted by molar-refractivity contribution is 0.0986. The van der Waals surface area contributed by atoms with Crippen LogP contribution in [0.3, 0.4) is 0 Å². The summed E-state index contributed by atoms with van der Waals surface area (Å²) >= 11 is 0. The van der Waals surface area contributed by atoms with Gasteiger partial charge in [-0.25, -0.2) is 0 Å². The standard InChI is InChI=1S/C18H31N3/c1-5-21(13-17-10-6-8-15(2)20-17)14-18(3,4)16-9-7-11-19-12-16/h6,8,10,16,19H,5,7,9,11-14H2,1-4H3. The van der Waals surface area contributed by atoms with Crippen LogP contribution in [0, 0.1) is 18.3 Å². The molecule has 3 nitrogen and oxygen atoms in total. The van der Waals surface area contributed by atoms with Crippen molar-refractivity contribution in [3.05, 3.63) is 29.6 Å². The molecule has 1 unspecified atom stereocenters. The molecule has 1 atom stereocenters. The van der Waals surface area contributed by atoms with E-state index in [9.17, 15) is 0 Å². The Kier molecular flexibility index (Phi) is 5.77. The zero-order valence-electron chi connectivity index (χ0n) is 14.2. The molecule has 2 rings (SSSR count). The lowest BCUT2D eigenvalue weighted by atomic mass is 9.74. The summed E-state index contributed by atoms with van der Waals surface area (Å²) in [5.41, 5.74) is 2.65. The fourth-order valence-corrected chi connectivity index (χ4v) is 3.42. The van der Waals surface area contributed by atoms with Crippen LogP contribution in [0.4, 0.5) is 0 Å². The molecule has 1 fully saturated rings. The Bertz CT molecular complexity index is 436. The van der Waals surface area contributed by atoms with Gasteiger partial charge in [0.25, 0.3) is 0 Å². The molecule has 1 aromatic heterocycles. The van der Waals surface area contributed by atoms with Gasteiger partial charge in [0, 0.05) is 18.8 Å². The molecule has 0 aromatic carbocycles. The van der Waals surface area contributed by atoms with E-state index in [1.165, 1.54) is 31.6 Å². The minimum Gasteiger partial charge on any atom is -0.316 e. The van der Waals surface area contributed by atoms with E-state index in [0.717, 1.165) is 31.2 Å². The molecule has 21 heavy (non-hydrogen) atoms. The number of nitrogens with zero attached hydrogens (tertiary/aromatic N) is 2. The third kappa shape index (κ3) is 4.79. The van der Waals surface area contributed by atoms with Crippen molar-refractivity contribution in [3.8, 4) is 0 Å². The van der Waals surface area contributed by atoms with Crippen LogP contribution >= 0.6 is 0 Å². The maximum absolute atomic E-state index is 4.65. The molecule has 0 spiro atoms. The number of hydrogen-bond acceptors (Lipinski definition) is 3. The first-order valence-corrected chi connectivity index (χ1v) is 8.37. The average molecular weight is 289 g/mol. The summed E-state index contributed by atoms with van der Waals surface area (Å²) in [5.74, 6) is 0.783. The van der Waals surface area contributed by atoms with Gasteiger partial charge in [-0.15, -0.1) is 0 Å². The summed E-state index contributed by atoms with van der Waals surface area (Å²) in [4.78, 5) is 7.19. The highest BCUT2D eigenvalue weighted by molar-refractivity contribution is 5.09. The molecule has 1 saturated heterocycles. The Morgan fingerprint density at radius 2 is 2.19 bits per heavy atom. The Hall–Kier alpha value is -0.930. The highest BCUT2D eigenvalue weighted by Crippen LogP contribution is 2.32. The van der Waals surface area contributed by atoms with Gasteiger partial charge in [-0.3, -0.25) is 9.88 Å². The molecular weight excluding hydrogens is 258 g/mol. The molecule has 0 saturated carbocycles. The zero-order chi connectivity index (χ0) is 15.3. The molecule has 0 aliphatic carbocycles. The van der Waals surface area contributed by atoms with E-state index >= 15 is 0 Å². The minimum absolute atomic E-state index is 0.354. The topological polar surface area (TPSA) is 28.2 Å². The molecule has 1 aliphatic heterocycles. The van der Waals surface area contributed by atoms with Gasteiger partial charge >= 0.3 is 0 Å². The van der Waals surface area contributed by atoms with E-state index < -0.39 is 0 Å². The molecule has 2 heterocycles. The first-order chi connectivity index (χ1) is 10.0. The number of piperidine rings is 1. The fraction of sp³-hybridized carbons (Fsp3) is 0.722. The van der Waals surface area contributed by atoms with Crippen molar-refractivity contribution < 1.29 is 0 Å². The number of pyridine rings is 1. The normalized spacial score (nSPS) is 20.0. The van der Waals surface area contributed by atoms with Crippen molar-refractivity contribution in [2.24, 2.45) is 11.3 Å². The van der Waals surface area contributed by atoms with E-state index in [2.05, 4.69) is 61.1 Å². The van der Waals surface area contributed by atoms with Crippen LogP contribution in [0.5, 0.6) is 0 Å². The van der Waals surface area contributed by atoms with Crippen LogP contribution in [0.15, 0.2) is 18.2 Å². The Balaban J connectivity index is 1.97. The van der Waals surface area contributed by atoms with Crippen molar-refractivity contribution >= 4 is 0 Å². The van der Waals surface area contributed by atoms with E-state index in [0.29, 0.717) is 5.41 Å². The van der Waals surface area contributed by atoms with Crippen molar-refractivity contribution in [2.45, 2.75) is 47.1 Å². The molecule has 3 heteroatoms. The van der Waals surface area contributed by atoms with Gasteiger partial charge in [-0.2, -0.15) is 0 Å². The van der Waals surface area contributed by atoms with Gasteiger partial charge in [0.2, 0.25) is 0 Å². The second kappa shape index (κ2) is 7.37. The number of hydrogen-bond donors (Lipinski definition) is 1. The van der Waals surface area contributed by atoms with E-state index in [1.54, 1.807) is 0 Å². The number of aryl methyl sites for hydroxylation is 1. The van der Waals surface area contributed by atoms with Crippen LogP contribution in [0.25, 0.3) is 0 Å². The maximum Gasteiger partial charge on any atom is 0.0547 e. The summed E-state index contributed by atoms with van der Waals surface area (Å²) in [6.45, 7) is 14.7. The summed E-state index contributed by atoms with van der Waals surface area (Å²) in [5, 5.41) is 3.56. The monoisotopic (exact) mass is 289 g/mol. The number of rotatable bonds is 6. The van der Waals surface area contributed by atoms with E-state index in [-0.39, 0.29) is 0 Å². The Labute approximate surface area is 130 Å². The van der Waals surface area contributed by atoms with Crippen molar-refractivity contribution in [1.82, 2.24) is 15.2 Å². The first kappa shape index (κ1) is 16.4. The fourth-order valence-electron chi connectivity index (χ4n) is 3.42. The predicted molar refractivity (Wildman–Crippen MR) is 89.3 cm³/mol. The van der Waals surface area contributed by atoms with Gasteiger partial charge in [-0.1, -0.05) is 26.8 Å². The molecular formula is C18H31N3. The summed E-state index contributed by atoms with van der Waals surface area (Å²) in [6.07, 6.45) is 2.68. The van der Waals surface area contributed by atoms with Crippen molar-refractivity contribution in [1.29, 1.82) is 0 Å². The van der Waals surface area contributed by atoms with Crippen molar-refractivity contribution in [3.63, 3.8) is 0 Å². The Morgan fingerprint density at radius 3 is 2.81 bits per heavy atom. The third-order valence-corrected chi connectivity index (χ3v) is 4.81. The zero-order valence-corrected chi connectivity index (χ0v) is 14.2. The van der Waals surface area contributed by atoms with Crippen LogP contribution in [-0.4, -0.2) is 36.1 Å².